The van der Waals surface area contributed by atoms with Crippen LogP contribution in [-0.2, 0) is 0 Å². The molecule has 96 valence electrons. The van der Waals surface area contributed by atoms with Gasteiger partial charge in [-0.3, -0.25) is 0 Å². The van der Waals surface area contributed by atoms with Gasteiger partial charge in [0.1, 0.15) is 11.6 Å². The molecule has 0 heterocycles. The van der Waals surface area contributed by atoms with Crippen molar-refractivity contribution in [2.75, 3.05) is 0 Å². The predicted molar refractivity (Wildman–Crippen MR) is 68.5 cm³/mol. The molecule has 3 heteroatoms. The predicted octanol–water partition coefficient (Wildman–Crippen LogP) is 3.62. The Bertz CT molecular complexity index is 365. The third-order valence-corrected chi connectivity index (χ3v) is 2.81. The molecule has 0 aliphatic heterocycles. The molecule has 0 fully saturated rings. The highest BCUT2D eigenvalue weighted by molar-refractivity contribution is 5.29. The molecular weight excluding hydrogens is 217 g/mol. The van der Waals surface area contributed by atoms with E-state index in [1.54, 1.807) is 6.07 Å². The highest BCUT2D eigenvalue weighted by Gasteiger charge is 2.14. The van der Waals surface area contributed by atoms with E-state index in [-0.39, 0.29) is 17.6 Å². The first-order valence-electron chi connectivity index (χ1n) is 6.14. The average molecular weight is 239 g/mol. The van der Waals surface area contributed by atoms with Crippen LogP contribution in [0.25, 0.3) is 0 Å². The van der Waals surface area contributed by atoms with Gasteiger partial charge in [0.2, 0.25) is 0 Å². The van der Waals surface area contributed by atoms with Crippen LogP contribution >= 0.6 is 0 Å². The Balaban J connectivity index is 2.66. The quantitative estimate of drug-likeness (QED) is 0.822. The van der Waals surface area contributed by atoms with Gasteiger partial charge in [0.25, 0.3) is 0 Å². The van der Waals surface area contributed by atoms with Crippen LogP contribution in [0.2, 0.25) is 0 Å². The number of nitrogens with one attached hydrogen (secondary N) is 1. The van der Waals surface area contributed by atoms with Crippen molar-refractivity contribution in [2.24, 2.45) is 5.92 Å². The standard InChI is InChI=1S/C14H22FNO/c1-9(2)7-10(3)16-11(4)13-6-5-12(17)8-14(13)15/h5-6,8-11,16-17H,7H2,1-4H3. The van der Waals surface area contributed by atoms with Gasteiger partial charge >= 0.3 is 0 Å². The molecular formula is C14H22FNO. The van der Waals surface area contributed by atoms with Crippen LogP contribution in [0.1, 0.15) is 45.7 Å². The zero-order chi connectivity index (χ0) is 13.0. The lowest BCUT2D eigenvalue weighted by atomic mass is 10.0. The zero-order valence-electron chi connectivity index (χ0n) is 11.0. The van der Waals surface area contributed by atoms with Crippen LogP contribution in [0.5, 0.6) is 5.75 Å². The van der Waals surface area contributed by atoms with E-state index in [2.05, 4.69) is 26.1 Å². The zero-order valence-corrected chi connectivity index (χ0v) is 11.0. The number of rotatable bonds is 5. The summed E-state index contributed by atoms with van der Waals surface area (Å²) in [4.78, 5) is 0. The summed E-state index contributed by atoms with van der Waals surface area (Å²) in [6, 6.07) is 4.59. The van der Waals surface area contributed by atoms with Gasteiger partial charge in [-0.2, -0.15) is 0 Å². The second-order valence-corrected chi connectivity index (χ2v) is 5.12. The van der Waals surface area contributed by atoms with Crippen molar-refractivity contribution in [1.82, 2.24) is 5.32 Å². The second kappa shape index (κ2) is 6.01. The molecule has 0 saturated carbocycles. The number of hydrogen-bond donors (Lipinski definition) is 2. The minimum atomic E-state index is -0.359. The van der Waals surface area contributed by atoms with Crippen molar-refractivity contribution in [3.63, 3.8) is 0 Å². The van der Waals surface area contributed by atoms with Gasteiger partial charge in [-0.1, -0.05) is 19.9 Å². The van der Waals surface area contributed by atoms with E-state index in [9.17, 15) is 4.39 Å². The number of hydrogen-bond acceptors (Lipinski definition) is 2. The maximum Gasteiger partial charge on any atom is 0.131 e. The molecule has 2 unspecified atom stereocenters. The molecule has 1 aromatic rings. The Hall–Kier alpha value is -1.09. The summed E-state index contributed by atoms with van der Waals surface area (Å²) < 4.78 is 13.6. The lowest BCUT2D eigenvalue weighted by Crippen LogP contribution is -2.30. The van der Waals surface area contributed by atoms with Crippen LogP contribution in [0.15, 0.2) is 18.2 Å². The molecule has 0 amide bonds. The Kier molecular flexibility index (Phi) is 4.94. The van der Waals surface area contributed by atoms with E-state index in [1.807, 2.05) is 6.92 Å². The summed E-state index contributed by atoms with van der Waals surface area (Å²) in [5.74, 6) is 0.227. The van der Waals surface area contributed by atoms with E-state index in [0.717, 1.165) is 12.5 Å². The first-order valence-corrected chi connectivity index (χ1v) is 6.14. The van der Waals surface area contributed by atoms with E-state index < -0.39 is 0 Å². The fourth-order valence-corrected chi connectivity index (χ4v) is 2.16. The summed E-state index contributed by atoms with van der Waals surface area (Å²) in [7, 11) is 0. The first kappa shape index (κ1) is 14.0. The van der Waals surface area contributed by atoms with Crippen molar-refractivity contribution in [3.05, 3.63) is 29.6 Å². The molecule has 17 heavy (non-hydrogen) atoms. The Morgan fingerprint density at radius 1 is 1.24 bits per heavy atom. The maximum atomic E-state index is 13.6. The van der Waals surface area contributed by atoms with Crippen LogP contribution in [-0.4, -0.2) is 11.1 Å². The molecule has 0 bridgehead atoms. The Labute approximate surface area is 103 Å². The average Bonchev–Trinajstić information content (AvgIpc) is 2.15. The fraction of sp³-hybridized carbons (Fsp3) is 0.571. The molecule has 0 aliphatic carbocycles. The lowest BCUT2D eigenvalue weighted by Gasteiger charge is -2.22. The van der Waals surface area contributed by atoms with E-state index in [0.29, 0.717) is 17.5 Å². The van der Waals surface area contributed by atoms with Crippen molar-refractivity contribution in [3.8, 4) is 5.75 Å². The topological polar surface area (TPSA) is 32.3 Å². The van der Waals surface area contributed by atoms with Gasteiger partial charge in [0.15, 0.2) is 0 Å². The summed E-state index contributed by atoms with van der Waals surface area (Å²) in [6.45, 7) is 8.38. The van der Waals surface area contributed by atoms with Gasteiger partial charge in [0.05, 0.1) is 0 Å². The van der Waals surface area contributed by atoms with Crippen LogP contribution in [0.3, 0.4) is 0 Å². The molecule has 1 aromatic carbocycles. The number of halogens is 1. The van der Waals surface area contributed by atoms with Crippen molar-refractivity contribution >= 4 is 0 Å². The third kappa shape index (κ3) is 4.35. The molecule has 1 rings (SSSR count). The largest absolute Gasteiger partial charge is 0.508 e. The minimum Gasteiger partial charge on any atom is -0.508 e. The number of phenols is 1. The van der Waals surface area contributed by atoms with E-state index >= 15 is 0 Å². The van der Waals surface area contributed by atoms with Crippen LogP contribution in [0, 0.1) is 11.7 Å². The summed E-state index contributed by atoms with van der Waals surface area (Å²) in [6.07, 6.45) is 1.06. The summed E-state index contributed by atoms with van der Waals surface area (Å²) in [5, 5.41) is 12.5. The Morgan fingerprint density at radius 3 is 2.41 bits per heavy atom. The smallest absolute Gasteiger partial charge is 0.131 e. The normalized spacial score (nSPS) is 14.9. The summed E-state index contributed by atoms with van der Waals surface area (Å²) in [5.41, 5.74) is 0.596. The van der Waals surface area contributed by atoms with E-state index in [4.69, 9.17) is 5.11 Å². The highest BCUT2D eigenvalue weighted by Crippen LogP contribution is 2.21. The van der Waals surface area contributed by atoms with Crippen molar-refractivity contribution in [1.29, 1.82) is 0 Å². The second-order valence-electron chi connectivity index (χ2n) is 5.12. The molecule has 0 spiro atoms. The Morgan fingerprint density at radius 2 is 1.88 bits per heavy atom. The van der Waals surface area contributed by atoms with Crippen molar-refractivity contribution in [2.45, 2.75) is 46.2 Å². The van der Waals surface area contributed by atoms with Gasteiger partial charge in [-0.15, -0.1) is 0 Å². The van der Waals surface area contributed by atoms with Crippen LogP contribution in [0.4, 0.5) is 4.39 Å². The summed E-state index contributed by atoms with van der Waals surface area (Å²) >= 11 is 0. The highest BCUT2D eigenvalue weighted by atomic mass is 19.1. The molecule has 0 aromatic heterocycles. The molecule has 2 atom stereocenters. The van der Waals surface area contributed by atoms with Crippen LogP contribution < -0.4 is 5.32 Å². The minimum absolute atomic E-state index is 0.0336. The van der Waals surface area contributed by atoms with E-state index in [1.165, 1.54) is 6.07 Å². The fourth-order valence-electron chi connectivity index (χ4n) is 2.16. The van der Waals surface area contributed by atoms with Gasteiger partial charge in [0, 0.05) is 23.7 Å². The lowest BCUT2D eigenvalue weighted by molar-refractivity contribution is 0.399. The third-order valence-electron chi connectivity index (χ3n) is 2.81. The molecule has 0 aliphatic rings. The molecule has 2 N–H and O–H groups in total. The number of benzene rings is 1. The monoisotopic (exact) mass is 239 g/mol. The maximum absolute atomic E-state index is 13.6. The van der Waals surface area contributed by atoms with Gasteiger partial charge < -0.3 is 10.4 Å². The molecule has 0 radical (unpaired) electrons. The van der Waals surface area contributed by atoms with Gasteiger partial charge in [-0.25, -0.2) is 4.39 Å². The number of aromatic hydroxyl groups is 1. The van der Waals surface area contributed by atoms with Crippen molar-refractivity contribution < 1.29 is 9.50 Å². The molecule has 0 saturated heterocycles. The van der Waals surface area contributed by atoms with Gasteiger partial charge in [-0.05, 0) is 32.3 Å². The first-order chi connectivity index (χ1) is 7.90. The SMILES string of the molecule is CC(C)CC(C)NC(C)c1ccc(O)cc1F. The number of phenolic OH excluding ortho intramolecular Hbond substituents is 1. The molecule has 2 nitrogen and oxygen atoms in total.